The first-order chi connectivity index (χ1) is 9.10. The molecule has 1 aromatic rings. The van der Waals surface area contributed by atoms with E-state index in [-0.39, 0.29) is 5.91 Å². The highest BCUT2D eigenvalue weighted by Gasteiger charge is 2.36. The van der Waals surface area contributed by atoms with Crippen molar-refractivity contribution in [1.29, 1.82) is 0 Å². The third-order valence-corrected chi connectivity index (χ3v) is 4.50. The number of amides is 1. The number of carbonyl (C=O) groups is 1. The van der Waals surface area contributed by atoms with Crippen LogP contribution in [0.2, 0.25) is 0 Å². The second-order valence-electron chi connectivity index (χ2n) is 5.35. The summed E-state index contributed by atoms with van der Waals surface area (Å²) < 4.78 is 5.27. The van der Waals surface area contributed by atoms with Crippen LogP contribution in [0.5, 0.6) is 0 Å². The highest BCUT2D eigenvalue weighted by molar-refractivity contribution is 7.98. The molecule has 5 heteroatoms. The fraction of sp³-hybridized carbons (Fsp3) is 0.643. The van der Waals surface area contributed by atoms with Gasteiger partial charge in [-0.15, -0.1) is 0 Å². The van der Waals surface area contributed by atoms with E-state index < -0.39 is 5.54 Å². The Bertz CT molecular complexity index is 404. The maximum atomic E-state index is 11.6. The molecule has 1 heterocycles. The van der Waals surface area contributed by atoms with Gasteiger partial charge < -0.3 is 15.5 Å². The molecular weight excluding hydrogens is 260 g/mol. The minimum Gasteiger partial charge on any atom is -0.468 e. The van der Waals surface area contributed by atoms with Crippen LogP contribution in [-0.2, 0) is 10.5 Å². The van der Waals surface area contributed by atoms with Crippen molar-refractivity contribution in [3.63, 3.8) is 0 Å². The molecule has 1 aliphatic carbocycles. The van der Waals surface area contributed by atoms with E-state index in [2.05, 4.69) is 5.32 Å². The topological polar surface area (TPSA) is 68.3 Å². The molecular formula is C14H22N2O2S. The number of nitrogens with one attached hydrogen (secondary N) is 1. The van der Waals surface area contributed by atoms with Crippen molar-refractivity contribution >= 4 is 17.7 Å². The number of thioether (sulfide) groups is 1. The van der Waals surface area contributed by atoms with E-state index in [4.69, 9.17) is 10.2 Å². The predicted molar refractivity (Wildman–Crippen MR) is 77.9 cm³/mol. The number of hydrogen-bond acceptors (Lipinski definition) is 4. The van der Waals surface area contributed by atoms with Crippen molar-refractivity contribution in [2.24, 2.45) is 5.73 Å². The predicted octanol–water partition coefficient (Wildman–Crippen LogP) is 2.29. The first kappa shape index (κ1) is 14.5. The summed E-state index contributed by atoms with van der Waals surface area (Å²) in [5.74, 6) is 2.65. The number of carbonyl (C=O) groups excluding carboxylic acids is 1. The smallest absolute Gasteiger partial charge is 0.237 e. The lowest BCUT2D eigenvalue weighted by molar-refractivity contribution is -0.124. The Morgan fingerprint density at radius 3 is 3.00 bits per heavy atom. The third-order valence-electron chi connectivity index (χ3n) is 3.43. The van der Waals surface area contributed by atoms with Gasteiger partial charge in [0.15, 0.2) is 0 Å². The standard InChI is InChI=1S/C14H22N2O2S/c1-14(13(15)17,16-11-5-6-11)7-3-9-19-10-12-4-2-8-18-12/h2,4,8,11,16H,3,5-7,9-10H2,1H3,(H2,15,17). The van der Waals surface area contributed by atoms with Crippen molar-refractivity contribution in [2.45, 2.75) is 49.9 Å². The highest BCUT2D eigenvalue weighted by Crippen LogP contribution is 2.25. The average molecular weight is 282 g/mol. The van der Waals surface area contributed by atoms with Crippen LogP contribution >= 0.6 is 11.8 Å². The summed E-state index contributed by atoms with van der Waals surface area (Å²) in [6.45, 7) is 1.92. The van der Waals surface area contributed by atoms with Crippen LogP contribution in [0.3, 0.4) is 0 Å². The molecule has 1 aliphatic rings. The van der Waals surface area contributed by atoms with Crippen LogP contribution in [0.4, 0.5) is 0 Å². The first-order valence-electron chi connectivity index (χ1n) is 6.78. The minimum absolute atomic E-state index is 0.240. The SMILES string of the molecule is CC(CCCSCc1ccco1)(NC1CC1)C(N)=O. The summed E-state index contributed by atoms with van der Waals surface area (Å²) in [7, 11) is 0. The molecule has 1 fully saturated rings. The van der Waals surface area contributed by atoms with Gasteiger partial charge in [-0.05, 0) is 50.5 Å². The zero-order chi connectivity index (χ0) is 13.7. The van der Waals surface area contributed by atoms with Crippen molar-refractivity contribution in [3.05, 3.63) is 24.2 Å². The van der Waals surface area contributed by atoms with Crippen LogP contribution in [0.25, 0.3) is 0 Å². The van der Waals surface area contributed by atoms with Crippen LogP contribution in [0.1, 0.15) is 38.4 Å². The normalized spacial score (nSPS) is 18.2. The van der Waals surface area contributed by atoms with Gasteiger partial charge in [-0.1, -0.05) is 0 Å². The van der Waals surface area contributed by atoms with Crippen LogP contribution in [0.15, 0.2) is 22.8 Å². The summed E-state index contributed by atoms with van der Waals surface area (Å²) in [6.07, 6.45) is 5.79. The van der Waals surface area contributed by atoms with E-state index in [0.717, 1.165) is 42.9 Å². The molecule has 2 rings (SSSR count). The van der Waals surface area contributed by atoms with E-state index in [0.29, 0.717) is 6.04 Å². The Kier molecular flexibility index (Phi) is 4.93. The Hall–Kier alpha value is -0.940. The fourth-order valence-corrected chi connectivity index (χ4v) is 2.90. The molecule has 106 valence electrons. The van der Waals surface area contributed by atoms with Gasteiger partial charge in [0, 0.05) is 6.04 Å². The first-order valence-corrected chi connectivity index (χ1v) is 7.93. The maximum absolute atomic E-state index is 11.6. The Morgan fingerprint density at radius 1 is 1.63 bits per heavy atom. The highest BCUT2D eigenvalue weighted by atomic mass is 32.2. The molecule has 1 unspecified atom stereocenters. The Morgan fingerprint density at radius 2 is 2.42 bits per heavy atom. The van der Waals surface area contributed by atoms with Gasteiger partial charge in [0.1, 0.15) is 5.76 Å². The van der Waals surface area contributed by atoms with Crippen molar-refractivity contribution < 1.29 is 9.21 Å². The van der Waals surface area contributed by atoms with Crippen molar-refractivity contribution in [3.8, 4) is 0 Å². The molecule has 1 aromatic heterocycles. The zero-order valence-electron chi connectivity index (χ0n) is 11.4. The van der Waals surface area contributed by atoms with Gasteiger partial charge in [-0.25, -0.2) is 0 Å². The molecule has 0 aliphatic heterocycles. The molecule has 19 heavy (non-hydrogen) atoms. The number of nitrogens with two attached hydrogens (primary N) is 1. The minimum atomic E-state index is -0.549. The largest absolute Gasteiger partial charge is 0.468 e. The van der Waals surface area contributed by atoms with Crippen molar-refractivity contribution in [2.75, 3.05) is 5.75 Å². The lowest BCUT2D eigenvalue weighted by Gasteiger charge is -2.27. The van der Waals surface area contributed by atoms with Crippen LogP contribution in [-0.4, -0.2) is 23.2 Å². The molecule has 0 saturated heterocycles. The molecule has 0 spiro atoms. The number of hydrogen-bond donors (Lipinski definition) is 2. The monoisotopic (exact) mass is 282 g/mol. The van der Waals surface area contributed by atoms with E-state index in [9.17, 15) is 4.79 Å². The third kappa shape index (κ3) is 4.58. The fourth-order valence-electron chi connectivity index (χ4n) is 2.04. The van der Waals surface area contributed by atoms with Gasteiger partial charge in [0.05, 0.1) is 17.6 Å². The lowest BCUT2D eigenvalue weighted by Crippen LogP contribution is -2.54. The summed E-state index contributed by atoms with van der Waals surface area (Å²) in [4.78, 5) is 11.6. The van der Waals surface area contributed by atoms with Crippen LogP contribution < -0.4 is 11.1 Å². The Labute approximate surface area is 118 Å². The van der Waals surface area contributed by atoms with Gasteiger partial charge in [0.25, 0.3) is 0 Å². The van der Waals surface area contributed by atoms with Crippen LogP contribution in [0, 0.1) is 0 Å². The number of primary amides is 1. The lowest BCUT2D eigenvalue weighted by atomic mass is 9.95. The van der Waals surface area contributed by atoms with Gasteiger partial charge in [-0.2, -0.15) is 11.8 Å². The van der Waals surface area contributed by atoms with Gasteiger partial charge >= 0.3 is 0 Å². The molecule has 1 amide bonds. The molecule has 0 bridgehead atoms. The zero-order valence-corrected chi connectivity index (χ0v) is 12.2. The van der Waals surface area contributed by atoms with E-state index in [1.807, 2.05) is 30.8 Å². The molecule has 0 aromatic carbocycles. The Balaban J connectivity index is 1.65. The number of rotatable bonds is 9. The quantitative estimate of drug-likeness (QED) is 0.682. The molecule has 1 saturated carbocycles. The average Bonchev–Trinajstić information content (AvgIpc) is 3.02. The number of furan rings is 1. The van der Waals surface area contributed by atoms with Gasteiger partial charge in [-0.3, -0.25) is 4.79 Å². The second-order valence-corrected chi connectivity index (χ2v) is 6.46. The summed E-state index contributed by atoms with van der Waals surface area (Å²) in [5, 5.41) is 3.37. The summed E-state index contributed by atoms with van der Waals surface area (Å²) in [6, 6.07) is 4.38. The van der Waals surface area contributed by atoms with E-state index in [1.165, 1.54) is 0 Å². The summed E-state index contributed by atoms with van der Waals surface area (Å²) in [5.41, 5.74) is 4.97. The van der Waals surface area contributed by atoms with E-state index in [1.54, 1.807) is 6.26 Å². The molecule has 3 N–H and O–H groups in total. The maximum Gasteiger partial charge on any atom is 0.237 e. The van der Waals surface area contributed by atoms with E-state index >= 15 is 0 Å². The molecule has 4 nitrogen and oxygen atoms in total. The molecule has 0 radical (unpaired) electrons. The molecule has 1 atom stereocenters. The summed E-state index contributed by atoms with van der Waals surface area (Å²) >= 11 is 1.82. The van der Waals surface area contributed by atoms with Crippen molar-refractivity contribution in [1.82, 2.24) is 5.32 Å². The van der Waals surface area contributed by atoms with Gasteiger partial charge in [0.2, 0.25) is 5.91 Å². The second kappa shape index (κ2) is 6.48.